The summed E-state index contributed by atoms with van der Waals surface area (Å²) in [4.78, 5) is 25.7. The van der Waals surface area contributed by atoms with Crippen molar-refractivity contribution in [3.8, 4) is 0 Å². The third kappa shape index (κ3) is 1.95. The molecule has 8 atom stereocenters. The molecule has 0 aromatic carbocycles. The second kappa shape index (κ2) is 5.43. The molecule has 0 amide bonds. The number of carbonyl (C=O) groups is 2. The summed E-state index contributed by atoms with van der Waals surface area (Å²) in [6.07, 6.45) is 12.7. The highest BCUT2D eigenvalue weighted by Crippen LogP contribution is 2.78. The minimum Gasteiger partial charge on any atom is -0.472 e. The number of hydrogen-bond acceptors (Lipinski definition) is 5. The maximum atomic E-state index is 13.0. The Hall–Kier alpha value is -2.14. The van der Waals surface area contributed by atoms with Gasteiger partial charge in [0.25, 0.3) is 0 Å². The number of rotatable bonds is 1. The van der Waals surface area contributed by atoms with Crippen LogP contribution < -0.4 is 0 Å². The van der Waals surface area contributed by atoms with E-state index in [0.29, 0.717) is 0 Å². The second-order valence-corrected chi connectivity index (χ2v) is 11.5. The molecular formula is C26H30O5. The third-order valence-electron chi connectivity index (χ3n) is 9.88. The number of cyclic esters (lactones) is 1. The molecule has 3 aliphatic carbocycles. The van der Waals surface area contributed by atoms with Crippen molar-refractivity contribution in [2.75, 3.05) is 0 Å². The average Bonchev–Trinajstić information content (AvgIpc) is 3.28. The molecular weight excluding hydrogens is 392 g/mol. The fraction of sp³-hybridized carbons (Fsp3) is 0.615. The van der Waals surface area contributed by atoms with E-state index in [1.807, 2.05) is 6.07 Å². The van der Waals surface area contributed by atoms with Crippen molar-refractivity contribution in [2.24, 2.45) is 33.5 Å². The topological polar surface area (TPSA) is 69.0 Å². The molecule has 0 bridgehead atoms. The van der Waals surface area contributed by atoms with Crippen molar-refractivity contribution < 1.29 is 23.5 Å². The van der Waals surface area contributed by atoms with Crippen molar-refractivity contribution in [1.29, 1.82) is 0 Å². The van der Waals surface area contributed by atoms with Crippen LogP contribution in [0.4, 0.5) is 0 Å². The number of allylic oxidation sites excluding steroid dienone is 3. The molecule has 31 heavy (non-hydrogen) atoms. The molecule has 0 radical (unpaired) electrons. The first-order valence-corrected chi connectivity index (χ1v) is 11.4. The van der Waals surface area contributed by atoms with Crippen LogP contribution in [0.5, 0.6) is 0 Å². The van der Waals surface area contributed by atoms with Gasteiger partial charge in [-0.3, -0.25) is 4.79 Å². The van der Waals surface area contributed by atoms with Gasteiger partial charge in [0.1, 0.15) is 11.7 Å². The Kier molecular flexibility index (Phi) is 3.42. The minimum absolute atomic E-state index is 0.119. The van der Waals surface area contributed by atoms with Crippen LogP contribution in [-0.2, 0) is 19.1 Å². The second-order valence-electron chi connectivity index (χ2n) is 11.5. The van der Waals surface area contributed by atoms with E-state index in [-0.39, 0.29) is 39.8 Å². The molecule has 1 aromatic heterocycles. The summed E-state index contributed by atoms with van der Waals surface area (Å²) in [6, 6.07) is 1.89. The van der Waals surface area contributed by atoms with Crippen molar-refractivity contribution in [2.45, 2.75) is 65.3 Å². The van der Waals surface area contributed by atoms with Crippen LogP contribution in [0.3, 0.4) is 0 Å². The molecule has 5 aliphatic rings. The van der Waals surface area contributed by atoms with Crippen LogP contribution in [0.1, 0.15) is 59.1 Å². The summed E-state index contributed by atoms with van der Waals surface area (Å²) in [5, 5.41) is 0. The summed E-state index contributed by atoms with van der Waals surface area (Å²) in [5.41, 5.74) is -1.08. The van der Waals surface area contributed by atoms with Gasteiger partial charge in [-0.15, -0.1) is 0 Å². The summed E-state index contributed by atoms with van der Waals surface area (Å²) in [5.74, 6) is 0.283. The van der Waals surface area contributed by atoms with Crippen molar-refractivity contribution in [3.05, 3.63) is 48.5 Å². The molecule has 2 aliphatic heterocycles. The van der Waals surface area contributed by atoms with Gasteiger partial charge >= 0.3 is 5.97 Å². The zero-order chi connectivity index (χ0) is 22.0. The van der Waals surface area contributed by atoms with Crippen LogP contribution in [0, 0.1) is 33.5 Å². The Labute approximate surface area is 182 Å². The summed E-state index contributed by atoms with van der Waals surface area (Å²) in [7, 11) is 0. The highest BCUT2D eigenvalue weighted by molar-refractivity contribution is 5.96. The zero-order valence-electron chi connectivity index (χ0n) is 18.8. The van der Waals surface area contributed by atoms with Gasteiger partial charge in [0.05, 0.1) is 12.5 Å². The Balaban J connectivity index is 1.52. The lowest BCUT2D eigenvalue weighted by molar-refractivity contribution is -0.191. The third-order valence-corrected chi connectivity index (χ3v) is 9.88. The van der Waals surface area contributed by atoms with Crippen molar-refractivity contribution >= 4 is 11.8 Å². The number of hydrogen-bond donors (Lipinski definition) is 0. The fourth-order valence-corrected chi connectivity index (χ4v) is 8.29. The Bertz CT molecular complexity index is 1050. The first kappa shape index (κ1) is 19.5. The molecule has 1 spiro atoms. The molecule has 3 heterocycles. The smallest absolute Gasteiger partial charge is 0.339 e. The first-order chi connectivity index (χ1) is 14.5. The highest BCUT2D eigenvalue weighted by Gasteiger charge is 2.85. The zero-order valence-corrected chi connectivity index (χ0v) is 18.8. The average molecular weight is 423 g/mol. The number of epoxide rings is 1. The molecule has 6 rings (SSSR count). The van der Waals surface area contributed by atoms with E-state index in [1.54, 1.807) is 18.6 Å². The number of ketones is 1. The fourth-order valence-electron chi connectivity index (χ4n) is 8.29. The quantitative estimate of drug-likeness (QED) is 0.370. The number of carbonyl (C=O) groups excluding carboxylic acids is 2. The van der Waals surface area contributed by atoms with E-state index >= 15 is 0 Å². The number of ether oxygens (including phenoxy) is 2. The van der Waals surface area contributed by atoms with Gasteiger partial charge in [0, 0.05) is 21.8 Å². The van der Waals surface area contributed by atoms with E-state index in [1.165, 1.54) is 0 Å². The summed E-state index contributed by atoms with van der Waals surface area (Å²) in [6.45, 7) is 10.9. The predicted molar refractivity (Wildman–Crippen MR) is 113 cm³/mol. The van der Waals surface area contributed by atoms with Gasteiger partial charge in [-0.25, -0.2) is 4.79 Å². The summed E-state index contributed by atoms with van der Waals surface area (Å²) < 4.78 is 17.7. The SMILES string of the molecule is CC1(C)C(=O)C=C[C@]2(C)[C@H]3CC[C@@]4(C)[C@H](c5ccoc5)OC(=O)[C@H]5O[C@]54[C@]3(C)C=C[C@@H]12. The van der Waals surface area contributed by atoms with Crippen molar-refractivity contribution in [1.82, 2.24) is 0 Å². The highest BCUT2D eigenvalue weighted by atomic mass is 16.7. The first-order valence-electron chi connectivity index (χ1n) is 11.4. The largest absolute Gasteiger partial charge is 0.472 e. The number of fused-ring (bicyclic) bond motifs is 3. The monoisotopic (exact) mass is 422 g/mol. The van der Waals surface area contributed by atoms with Gasteiger partial charge in [0.15, 0.2) is 11.9 Å². The van der Waals surface area contributed by atoms with E-state index in [2.05, 4.69) is 52.8 Å². The van der Waals surface area contributed by atoms with Crippen LogP contribution in [0.25, 0.3) is 0 Å². The van der Waals surface area contributed by atoms with Crippen LogP contribution in [-0.4, -0.2) is 23.5 Å². The van der Waals surface area contributed by atoms with Gasteiger partial charge in [-0.1, -0.05) is 52.8 Å². The number of esters is 1. The molecule has 3 fully saturated rings. The summed E-state index contributed by atoms with van der Waals surface area (Å²) >= 11 is 0. The molecule has 0 unspecified atom stereocenters. The van der Waals surface area contributed by atoms with Crippen LogP contribution in [0.15, 0.2) is 47.3 Å². The van der Waals surface area contributed by atoms with E-state index < -0.39 is 23.2 Å². The Morgan fingerprint density at radius 3 is 2.52 bits per heavy atom. The van der Waals surface area contributed by atoms with E-state index in [4.69, 9.17) is 13.9 Å². The standard InChI is InChI=1S/C26H30O5/c1-22(2)16-6-11-24(4)17(23(16,3)10-8-18(22)27)7-12-25(5)19(15-9-13-29-14-15)30-21(28)20-26(24,25)31-20/h6,8-11,13-14,16-17,19-20H,7,12H2,1-5H3/t16-,17+,19-,20+,23-,24+,25-,26-/m0/s1. The van der Waals surface area contributed by atoms with Gasteiger partial charge in [0.2, 0.25) is 0 Å². The van der Waals surface area contributed by atoms with Gasteiger partial charge < -0.3 is 13.9 Å². The normalized spacial score (nSPS) is 51.3. The molecule has 0 N–H and O–H groups in total. The maximum absolute atomic E-state index is 13.0. The van der Waals surface area contributed by atoms with Crippen LogP contribution >= 0.6 is 0 Å². The molecule has 1 aromatic rings. The molecule has 5 nitrogen and oxygen atoms in total. The molecule has 1 saturated carbocycles. The predicted octanol–water partition coefficient (Wildman–Crippen LogP) is 4.80. The van der Waals surface area contributed by atoms with Crippen molar-refractivity contribution in [3.63, 3.8) is 0 Å². The van der Waals surface area contributed by atoms with E-state index in [9.17, 15) is 9.59 Å². The lowest BCUT2D eigenvalue weighted by Crippen LogP contribution is -2.66. The van der Waals surface area contributed by atoms with Crippen LogP contribution in [0.2, 0.25) is 0 Å². The van der Waals surface area contributed by atoms with Gasteiger partial charge in [-0.2, -0.15) is 0 Å². The Morgan fingerprint density at radius 2 is 1.81 bits per heavy atom. The molecule has 5 heteroatoms. The lowest BCUT2D eigenvalue weighted by Gasteiger charge is -2.64. The van der Waals surface area contributed by atoms with Gasteiger partial charge in [-0.05, 0) is 42.2 Å². The maximum Gasteiger partial charge on any atom is 0.339 e. The lowest BCUT2D eigenvalue weighted by atomic mass is 9.38. The van der Waals surface area contributed by atoms with E-state index in [0.717, 1.165) is 18.4 Å². The molecule has 164 valence electrons. The molecule has 2 saturated heterocycles. The minimum atomic E-state index is -0.621. The number of furan rings is 1. The Morgan fingerprint density at radius 1 is 1.03 bits per heavy atom.